The molecule has 0 aliphatic heterocycles. The van der Waals surface area contributed by atoms with E-state index >= 15 is 0 Å². The zero-order chi connectivity index (χ0) is 34.8. The van der Waals surface area contributed by atoms with Crippen LogP contribution in [-0.4, -0.2) is 19.1 Å². The molecule has 0 spiro atoms. The molecule has 0 fully saturated rings. The van der Waals surface area contributed by atoms with Crippen LogP contribution in [-0.2, 0) is 0 Å². The van der Waals surface area contributed by atoms with Crippen LogP contribution in [0.25, 0.3) is 55.5 Å². The molecule has 44 heavy (non-hydrogen) atoms. The largest absolute Gasteiger partial charge is 0.457 e. The second-order valence-electron chi connectivity index (χ2n) is 10.8. The van der Waals surface area contributed by atoms with Crippen LogP contribution in [0.5, 0.6) is 11.5 Å². The minimum Gasteiger partial charge on any atom is -0.457 e. The summed E-state index contributed by atoms with van der Waals surface area (Å²) in [7, 11) is 0. The van der Waals surface area contributed by atoms with Crippen LogP contribution in [0.3, 0.4) is 0 Å². The Kier molecular flexibility index (Phi) is 4.72. The van der Waals surface area contributed by atoms with Crippen molar-refractivity contribution in [1.29, 1.82) is 0 Å². The third-order valence-corrected chi connectivity index (χ3v) is 8.11. The van der Waals surface area contributed by atoms with E-state index in [4.69, 9.17) is 13.0 Å². The lowest BCUT2D eigenvalue weighted by atomic mass is 9.97. The summed E-state index contributed by atoms with van der Waals surface area (Å²) in [6.07, 6.45) is 3.09. The van der Waals surface area contributed by atoms with E-state index in [-0.39, 0.29) is 22.5 Å². The Hall–Kier alpha value is -5.68. The highest BCUT2D eigenvalue weighted by molar-refractivity contribution is 6.09. The number of hydrogen-bond donors (Lipinski definition) is 0. The molecule has 3 aromatic heterocycles. The van der Waals surface area contributed by atoms with Gasteiger partial charge in [-0.1, -0.05) is 66.7 Å². The Morgan fingerprint density at radius 3 is 2.27 bits per heavy atom. The third-order valence-electron chi connectivity index (χ3n) is 8.11. The fourth-order valence-electron chi connectivity index (χ4n) is 6.02. The molecule has 0 atom stereocenters. The van der Waals surface area contributed by atoms with Gasteiger partial charge in [-0.15, -0.1) is 0 Å². The number of benzene rings is 5. The Morgan fingerprint density at radius 2 is 1.41 bits per heavy atom. The van der Waals surface area contributed by atoms with E-state index in [0.717, 1.165) is 38.6 Å². The Labute approximate surface area is 264 Å². The van der Waals surface area contributed by atoms with Crippen LogP contribution in [0.2, 0.25) is 0 Å². The summed E-state index contributed by atoms with van der Waals surface area (Å²) in [4.78, 5) is 9.18. The molecular formula is C39H30N4O. The van der Waals surface area contributed by atoms with Crippen molar-refractivity contribution < 1.29 is 13.0 Å². The molecule has 5 aromatic carbocycles. The molecule has 0 radical (unpaired) electrons. The number of imidazole rings is 1. The first-order valence-corrected chi connectivity index (χ1v) is 14.3. The molecule has 0 unspecified atom stereocenters. The van der Waals surface area contributed by atoms with Gasteiger partial charge in [0.15, 0.2) is 0 Å². The van der Waals surface area contributed by atoms with Crippen LogP contribution >= 0.6 is 0 Å². The van der Waals surface area contributed by atoms with Crippen molar-refractivity contribution >= 4 is 32.8 Å². The normalized spacial score (nSPS) is 14.1. The summed E-state index contributed by atoms with van der Waals surface area (Å²) in [5.41, 5.74) is 5.60. The molecule has 5 nitrogen and oxygen atoms in total. The monoisotopic (exact) mass is 576 g/mol. The van der Waals surface area contributed by atoms with Gasteiger partial charge in [-0.2, -0.15) is 0 Å². The van der Waals surface area contributed by atoms with Gasteiger partial charge in [-0.25, -0.2) is 9.97 Å². The van der Waals surface area contributed by atoms with Crippen molar-refractivity contribution in [2.75, 3.05) is 0 Å². The lowest BCUT2D eigenvalue weighted by Gasteiger charge is -2.16. The SMILES string of the molecule is [2H]C([2H])([2H])c1cnc(-n2c3ccccc3c3ccc(Oc4ccc(C)c(-n5cnc6ccccc65)c4)cc32)c(C([2H])([2H])[2H])c1-c1ccccc1. The maximum absolute atomic E-state index is 8.73. The summed E-state index contributed by atoms with van der Waals surface area (Å²) in [6, 6.07) is 36.0. The van der Waals surface area contributed by atoms with Gasteiger partial charge >= 0.3 is 0 Å². The van der Waals surface area contributed by atoms with E-state index in [2.05, 4.69) is 9.97 Å². The molecule has 0 N–H and O–H groups in total. The number of pyridine rings is 1. The van der Waals surface area contributed by atoms with E-state index in [1.165, 1.54) is 6.20 Å². The lowest BCUT2D eigenvalue weighted by Crippen LogP contribution is -2.03. The zero-order valence-corrected chi connectivity index (χ0v) is 23.8. The second kappa shape index (κ2) is 10.2. The fraction of sp³-hybridized carbons (Fsp3) is 0.0769. The molecule has 0 aliphatic rings. The van der Waals surface area contributed by atoms with Gasteiger partial charge in [-0.3, -0.25) is 9.13 Å². The van der Waals surface area contributed by atoms with Crippen molar-refractivity contribution in [2.24, 2.45) is 0 Å². The van der Waals surface area contributed by atoms with Crippen LogP contribution in [0, 0.1) is 20.6 Å². The predicted molar refractivity (Wildman–Crippen MR) is 179 cm³/mol. The Morgan fingerprint density at radius 1 is 0.659 bits per heavy atom. The summed E-state index contributed by atoms with van der Waals surface area (Å²) in [5, 5.41) is 1.75. The summed E-state index contributed by atoms with van der Waals surface area (Å²) in [6.45, 7) is -3.28. The van der Waals surface area contributed by atoms with Crippen LogP contribution in [0.15, 0.2) is 128 Å². The highest BCUT2D eigenvalue weighted by Gasteiger charge is 2.19. The van der Waals surface area contributed by atoms with Gasteiger partial charge in [0.1, 0.15) is 23.6 Å². The Bertz CT molecular complexity index is 2570. The van der Waals surface area contributed by atoms with E-state index in [1.807, 2.05) is 96.4 Å². The first-order chi connectivity index (χ1) is 24.0. The van der Waals surface area contributed by atoms with Gasteiger partial charge in [-0.05, 0) is 79.3 Å². The molecule has 3 heterocycles. The molecule has 8 aromatic rings. The zero-order valence-electron chi connectivity index (χ0n) is 29.8. The van der Waals surface area contributed by atoms with Crippen LogP contribution in [0.4, 0.5) is 0 Å². The number of aromatic nitrogens is 4. The average molecular weight is 577 g/mol. The van der Waals surface area contributed by atoms with E-state index in [9.17, 15) is 0 Å². The molecule has 0 bridgehead atoms. The quantitative estimate of drug-likeness (QED) is 0.205. The highest BCUT2D eigenvalue weighted by Crippen LogP contribution is 2.38. The number of nitrogens with zero attached hydrogens (tertiary/aromatic N) is 4. The third kappa shape index (κ3) is 4.16. The first kappa shape index (κ1) is 20.3. The van der Waals surface area contributed by atoms with E-state index in [0.29, 0.717) is 22.6 Å². The standard InChI is InChI=1S/C39H30N4O/c1-25-17-18-29(21-36(25)42-24-41-33-14-8-10-16-35(33)42)44-30-19-20-32-31-13-7-9-15-34(31)43(37(32)22-30)39-27(3)38(26(2)23-40-39)28-11-5-4-6-12-28/h4-24H,1-3H3/i2D3,3D3. The van der Waals surface area contributed by atoms with Crippen molar-refractivity contribution in [3.8, 4) is 34.1 Å². The minimum absolute atomic E-state index is 0.121. The first-order valence-electron chi connectivity index (χ1n) is 17.3. The molecule has 212 valence electrons. The minimum atomic E-state index is -2.71. The number of aryl methyl sites for hydroxylation is 2. The highest BCUT2D eigenvalue weighted by atomic mass is 16.5. The van der Waals surface area contributed by atoms with Crippen molar-refractivity contribution in [2.45, 2.75) is 20.6 Å². The van der Waals surface area contributed by atoms with Gasteiger partial charge in [0.05, 0.1) is 27.8 Å². The topological polar surface area (TPSA) is 44.9 Å². The van der Waals surface area contributed by atoms with Gasteiger partial charge < -0.3 is 4.74 Å². The molecule has 8 rings (SSSR count). The molecule has 5 heteroatoms. The smallest absolute Gasteiger partial charge is 0.141 e. The van der Waals surface area contributed by atoms with Gasteiger partial charge in [0, 0.05) is 42.9 Å². The van der Waals surface area contributed by atoms with E-state index < -0.39 is 13.7 Å². The second-order valence-corrected chi connectivity index (χ2v) is 10.8. The predicted octanol–water partition coefficient (Wildman–Crippen LogP) is 9.90. The summed E-state index contributed by atoms with van der Waals surface area (Å²) < 4.78 is 61.4. The van der Waals surface area contributed by atoms with Gasteiger partial charge in [0.25, 0.3) is 0 Å². The van der Waals surface area contributed by atoms with E-state index in [1.54, 1.807) is 41.2 Å². The maximum Gasteiger partial charge on any atom is 0.141 e. The van der Waals surface area contributed by atoms with Crippen LogP contribution in [0.1, 0.15) is 24.9 Å². The average Bonchev–Trinajstić information content (AvgIpc) is 3.67. The van der Waals surface area contributed by atoms with Crippen molar-refractivity contribution in [1.82, 2.24) is 19.1 Å². The number of para-hydroxylation sites is 3. The number of ether oxygens (including phenoxy) is 1. The number of rotatable bonds is 5. The lowest BCUT2D eigenvalue weighted by molar-refractivity contribution is 0.483. The van der Waals surface area contributed by atoms with Crippen molar-refractivity contribution in [3.05, 3.63) is 144 Å². The van der Waals surface area contributed by atoms with Gasteiger partial charge in [0.2, 0.25) is 0 Å². The Balaban J connectivity index is 1.33. The van der Waals surface area contributed by atoms with Crippen LogP contribution < -0.4 is 4.74 Å². The molecule has 0 amide bonds. The molecular weight excluding hydrogens is 540 g/mol. The maximum atomic E-state index is 8.73. The summed E-state index contributed by atoms with van der Waals surface area (Å²) in [5.74, 6) is 1.27. The number of hydrogen-bond acceptors (Lipinski definition) is 3. The molecule has 0 aliphatic carbocycles. The fourth-order valence-corrected chi connectivity index (χ4v) is 6.02. The summed E-state index contributed by atoms with van der Waals surface area (Å²) >= 11 is 0. The molecule has 0 saturated heterocycles. The molecule has 0 saturated carbocycles. The van der Waals surface area contributed by atoms with Crippen molar-refractivity contribution in [3.63, 3.8) is 0 Å². The number of fused-ring (bicyclic) bond motifs is 4.